The van der Waals surface area contributed by atoms with Crippen LogP contribution in [0.4, 0.5) is 17.1 Å². The molecule has 1 amide bonds. The highest BCUT2D eigenvalue weighted by Gasteiger charge is 2.10. The monoisotopic (exact) mass is 330 g/mol. The molecule has 0 aliphatic carbocycles. The summed E-state index contributed by atoms with van der Waals surface area (Å²) in [4.78, 5) is 23.2. The Morgan fingerprint density at radius 3 is 2.08 bits per heavy atom. The van der Waals surface area contributed by atoms with Gasteiger partial charge in [0.25, 0.3) is 5.91 Å². The van der Waals surface area contributed by atoms with Crippen LogP contribution in [0.25, 0.3) is 0 Å². The lowest BCUT2D eigenvalue weighted by Gasteiger charge is -2.10. The van der Waals surface area contributed by atoms with E-state index in [1.54, 1.807) is 18.2 Å². The Morgan fingerprint density at radius 1 is 0.760 bits per heavy atom. The van der Waals surface area contributed by atoms with Gasteiger partial charge in [0.2, 0.25) is 0 Å². The molecule has 0 aliphatic rings. The molecular weight excluding hydrogens is 312 g/mol. The van der Waals surface area contributed by atoms with E-state index in [2.05, 4.69) is 10.6 Å². The summed E-state index contributed by atoms with van der Waals surface area (Å²) in [5.74, 6) is -0.221. The number of carbonyl (C=O) groups is 2. The van der Waals surface area contributed by atoms with E-state index in [1.165, 1.54) is 0 Å². The molecule has 124 valence electrons. The smallest absolute Gasteiger partial charge is 0.255 e. The predicted molar refractivity (Wildman–Crippen MR) is 100 cm³/mol. The van der Waals surface area contributed by atoms with Crippen LogP contribution in [-0.4, -0.2) is 12.2 Å². The Morgan fingerprint density at radius 2 is 1.36 bits per heavy atom. The van der Waals surface area contributed by atoms with Gasteiger partial charge in [0, 0.05) is 29.0 Å². The minimum Gasteiger partial charge on any atom is -0.356 e. The molecule has 4 heteroatoms. The lowest BCUT2D eigenvalue weighted by atomic mass is 10.0. The van der Waals surface area contributed by atoms with Crippen molar-refractivity contribution in [3.05, 3.63) is 90.0 Å². The molecule has 0 heterocycles. The van der Waals surface area contributed by atoms with E-state index in [1.807, 2.05) is 60.7 Å². The normalized spacial score (nSPS) is 10.1. The molecule has 0 aliphatic heterocycles. The number of benzene rings is 3. The number of amides is 1. The van der Waals surface area contributed by atoms with E-state index in [9.17, 15) is 9.59 Å². The van der Waals surface area contributed by atoms with Crippen LogP contribution in [0.3, 0.4) is 0 Å². The van der Waals surface area contributed by atoms with Crippen molar-refractivity contribution in [1.82, 2.24) is 0 Å². The first-order valence-corrected chi connectivity index (χ1v) is 8.01. The molecule has 4 nitrogen and oxygen atoms in total. The number of hydrogen-bond acceptors (Lipinski definition) is 3. The van der Waals surface area contributed by atoms with Gasteiger partial charge < -0.3 is 15.4 Å². The maximum Gasteiger partial charge on any atom is 0.255 e. The quantitative estimate of drug-likeness (QED) is 0.658. The van der Waals surface area contributed by atoms with Crippen molar-refractivity contribution in [3.63, 3.8) is 0 Å². The highest BCUT2D eigenvalue weighted by molar-refractivity contribution is 6.05. The molecule has 0 atom stereocenters. The van der Waals surface area contributed by atoms with Crippen LogP contribution in [0.15, 0.2) is 78.9 Å². The van der Waals surface area contributed by atoms with E-state index >= 15 is 0 Å². The first-order chi connectivity index (χ1) is 12.3. The summed E-state index contributed by atoms with van der Waals surface area (Å²) in [5, 5.41) is 6.16. The summed E-state index contributed by atoms with van der Waals surface area (Å²) in [6.45, 7) is 0. The Kier molecular flexibility index (Phi) is 5.22. The third kappa shape index (κ3) is 4.32. The second-order valence-electron chi connectivity index (χ2n) is 5.55. The van der Waals surface area contributed by atoms with Gasteiger partial charge in [-0.15, -0.1) is 0 Å². The zero-order chi connectivity index (χ0) is 17.5. The fourth-order valence-electron chi connectivity index (χ4n) is 2.53. The average Bonchev–Trinajstić information content (AvgIpc) is 2.65. The summed E-state index contributed by atoms with van der Waals surface area (Å²) >= 11 is 0. The fraction of sp³-hybridized carbons (Fsp3) is 0.0476. The highest BCUT2D eigenvalue weighted by Crippen LogP contribution is 2.19. The minimum atomic E-state index is -0.221. The molecule has 3 rings (SSSR count). The summed E-state index contributed by atoms with van der Waals surface area (Å²) in [5.41, 5.74) is 3.87. The maximum absolute atomic E-state index is 12.4. The van der Waals surface area contributed by atoms with Crippen molar-refractivity contribution in [2.45, 2.75) is 6.42 Å². The van der Waals surface area contributed by atoms with Gasteiger partial charge in [-0.1, -0.05) is 36.4 Å². The molecule has 0 bridgehead atoms. The lowest BCUT2D eigenvalue weighted by molar-refractivity contribution is -0.107. The SMILES string of the molecule is O=CCc1ccccc1C(=O)Nc1ccc(Nc2ccccc2)cc1. The molecule has 3 aromatic carbocycles. The molecule has 0 spiro atoms. The Labute approximate surface area is 146 Å². The zero-order valence-corrected chi connectivity index (χ0v) is 13.6. The molecule has 0 aromatic heterocycles. The van der Waals surface area contributed by atoms with Crippen LogP contribution in [0, 0.1) is 0 Å². The minimum absolute atomic E-state index is 0.221. The average molecular weight is 330 g/mol. The third-order valence-electron chi connectivity index (χ3n) is 3.77. The second-order valence-corrected chi connectivity index (χ2v) is 5.55. The van der Waals surface area contributed by atoms with Crippen LogP contribution >= 0.6 is 0 Å². The van der Waals surface area contributed by atoms with Crippen molar-refractivity contribution in [3.8, 4) is 0 Å². The first-order valence-electron chi connectivity index (χ1n) is 8.01. The third-order valence-corrected chi connectivity index (χ3v) is 3.77. The Hall–Kier alpha value is -3.40. The molecule has 0 unspecified atom stereocenters. The van der Waals surface area contributed by atoms with Crippen molar-refractivity contribution in [2.24, 2.45) is 0 Å². The van der Waals surface area contributed by atoms with Crippen LogP contribution in [0.5, 0.6) is 0 Å². The van der Waals surface area contributed by atoms with Crippen LogP contribution < -0.4 is 10.6 Å². The Balaban J connectivity index is 1.69. The molecule has 25 heavy (non-hydrogen) atoms. The molecule has 0 radical (unpaired) electrons. The molecular formula is C21H18N2O2. The molecule has 0 saturated heterocycles. The highest BCUT2D eigenvalue weighted by atomic mass is 16.1. The van der Waals surface area contributed by atoms with Crippen molar-refractivity contribution < 1.29 is 9.59 Å². The van der Waals surface area contributed by atoms with Crippen LogP contribution in [-0.2, 0) is 11.2 Å². The zero-order valence-electron chi connectivity index (χ0n) is 13.6. The van der Waals surface area contributed by atoms with Crippen molar-refractivity contribution >= 4 is 29.3 Å². The van der Waals surface area contributed by atoms with Gasteiger partial charge >= 0.3 is 0 Å². The number of hydrogen-bond donors (Lipinski definition) is 2. The number of aldehydes is 1. The number of carbonyl (C=O) groups excluding carboxylic acids is 2. The van der Waals surface area contributed by atoms with Gasteiger partial charge in [0.05, 0.1) is 0 Å². The topological polar surface area (TPSA) is 58.2 Å². The molecule has 2 N–H and O–H groups in total. The van der Waals surface area contributed by atoms with Crippen molar-refractivity contribution in [1.29, 1.82) is 0 Å². The van der Waals surface area contributed by atoms with Gasteiger partial charge in [-0.05, 0) is 48.0 Å². The van der Waals surface area contributed by atoms with Gasteiger partial charge in [-0.2, -0.15) is 0 Å². The standard InChI is InChI=1S/C21H18N2O2/c24-15-14-16-6-4-5-9-20(16)21(25)23-19-12-10-18(11-13-19)22-17-7-2-1-3-8-17/h1-13,15,22H,14H2,(H,23,25). The van der Waals surface area contributed by atoms with Crippen LogP contribution in [0.1, 0.15) is 15.9 Å². The summed E-state index contributed by atoms with van der Waals surface area (Å²) in [6, 6.07) is 24.5. The van der Waals surface area contributed by atoms with Gasteiger partial charge in [0.1, 0.15) is 6.29 Å². The summed E-state index contributed by atoms with van der Waals surface area (Å²) in [6.07, 6.45) is 1.03. The maximum atomic E-state index is 12.4. The summed E-state index contributed by atoms with van der Waals surface area (Å²) < 4.78 is 0. The van der Waals surface area contributed by atoms with Crippen LogP contribution in [0.2, 0.25) is 0 Å². The van der Waals surface area contributed by atoms with E-state index in [4.69, 9.17) is 0 Å². The molecule has 3 aromatic rings. The van der Waals surface area contributed by atoms with Crippen molar-refractivity contribution in [2.75, 3.05) is 10.6 Å². The number of para-hydroxylation sites is 1. The second kappa shape index (κ2) is 7.93. The van der Waals surface area contributed by atoms with Gasteiger partial charge in [-0.3, -0.25) is 4.79 Å². The first kappa shape index (κ1) is 16.5. The van der Waals surface area contributed by atoms with Gasteiger partial charge in [-0.25, -0.2) is 0 Å². The number of anilines is 3. The van der Waals surface area contributed by atoms with E-state index in [0.717, 1.165) is 23.2 Å². The number of rotatable bonds is 6. The van der Waals surface area contributed by atoms with E-state index < -0.39 is 0 Å². The largest absolute Gasteiger partial charge is 0.356 e. The van der Waals surface area contributed by atoms with E-state index in [0.29, 0.717) is 11.3 Å². The number of nitrogens with one attached hydrogen (secondary N) is 2. The van der Waals surface area contributed by atoms with E-state index in [-0.39, 0.29) is 12.3 Å². The molecule has 0 saturated carbocycles. The lowest BCUT2D eigenvalue weighted by Crippen LogP contribution is -2.14. The Bertz CT molecular complexity index is 859. The fourth-order valence-corrected chi connectivity index (χ4v) is 2.53. The summed E-state index contributed by atoms with van der Waals surface area (Å²) in [7, 11) is 0. The molecule has 0 fully saturated rings. The predicted octanol–water partition coefficient (Wildman–Crippen LogP) is 4.42. The van der Waals surface area contributed by atoms with Gasteiger partial charge in [0.15, 0.2) is 0 Å².